The molecular weight excluding hydrogens is 326 g/mol. The molecule has 4 nitrogen and oxygen atoms in total. The fraction of sp³-hybridized carbons (Fsp3) is 0.421. The van der Waals surface area contributed by atoms with Crippen molar-refractivity contribution in [2.75, 3.05) is 13.2 Å². The van der Waals surface area contributed by atoms with Gasteiger partial charge >= 0.3 is 6.09 Å². The number of carbonyl (C=O) groups is 1. The maximum absolute atomic E-state index is 12.4. The second-order valence-electron chi connectivity index (χ2n) is 6.73. The standard InChI is InChI=1S/C19H24ClNO3/c1-6-7-8-15-13(2)16(20)11-14-12-21(9-10-23-17(14)15)18(22)24-19(3,4)5/h6-8,11H,1,9-10,12H2,2-5H3/b8-7-. The van der Waals surface area contributed by atoms with Crippen molar-refractivity contribution in [2.24, 2.45) is 0 Å². The summed E-state index contributed by atoms with van der Waals surface area (Å²) >= 11 is 6.37. The summed E-state index contributed by atoms with van der Waals surface area (Å²) in [6.45, 7) is 12.5. The van der Waals surface area contributed by atoms with Gasteiger partial charge in [0.15, 0.2) is 0 Å². The van der Waals surface area contributed by atoms with Gasteiger partial charge < -0.3 is 14.4 Å². The van der Waals surface area contributed by atoms with Gasteiger partial charge in [-0.15, -0.1) is 0 Å². The normalized spacial score (nSPS) is 14.8. The van der Waals surface area contributed by atoms with Crippen molar-refractivity contribution in [3.8, 4) is 5.75 Å². The summed E-state index contributed by atoms with van der Waals surface area (Å²) in [6.07, 6.45) is 5.13. The number of hydrogen-bond donors (Lipinski definition) is 0. The fourth-order valence-electron chi connectivity index (χ4n) is 2.48. The summed E-state index contributed by atoms with van der Waals surface area (Å²) in [5.74, 6) is 0.765. The summed E-state index contributed by atoms with van der Waals surface area (Å²) in [6, 6.07) is 1.86. The smallest absolute Gasteiger partial charge is 0.410 e. The van der Waals surface area contributed by atoms with E-state index in [0.717, 1.165) is 22.4 Å². The van der Waals surface area contributed by atoms with Crippen LogP contribution in [0.5, 0.6) is 5.75 Å². The number of rotatable bonds is 2. The molecule has 0 N–H and O–H groups in total. The van der Waals surface area contributed by atoms with Gasteiger partial charge in [-0.3, -0.25) is 0 Å². The highest BCUT2D eigenvalue weighted by molar-refractivity contribution is 6.31. The lowest BCUT2D eigenvalue weighted by Crippen LogP contribution is -2.37. The summed E-state index contributed by atoms with van der Waals surface area (Å²) in [7, 11) is 0. The van der Waals surface area contributed by atoms with Crippen LogP contribution in [0.25, 0.3) is 6.08 Å². The van der Waals surface area contributed by atoms with E-state index in [1.165, 1.54) is 0 Å². The van der Waals surface area contributed by atoms with Crippen LogP contribution >= 0.6 is 11.6 Å². The quantitative estimate of drug-likeness (QED) is 0.707. The summed E-state index contributed by atoms with van der Waals surface area (Å²) < 4.78 is 11.4. The maximum Gasteiger partial charge on any atom is 0.410 e. The topological polar surface area (TPSA) is 38.8 Å². The number of halogens is 1. The lowest BCUT2D eigenvalue weighted by Gasteiger charge is -2.26. The Morgan fingerprint density at radius 1 is 1.46 bits per heavy atom. The van der Waals surface area contributed by atoms with E-state index in [1.54, 1.807) is 11.0 Å². The minimum Gasteiger partial charge on any atom is -0.491 e. The van der Waals surface area contributed by atoms with E-state index in [2.05, 4.69) is 6.58 Å². The molecule has 1 heterocycles. The molecule has 130 valence electrons. The van der Waals surface area contributed by atoms with Crippen molar-refractivity contribution >= 4 is 23.8 Å². The van der Waals surface area contributed by atoms with Crippen LogP contribution in [-0.2, 0) is 11.3 Å². The monoisotopic (exact) mass is 349 g/mol. The number of carbonyl (C=O) groups excluding carboxylic acids is 1. The first-order chi connectivity index (χ1) is 11.2. The van der Waals surface area contributed by atoms with Crippen LogP contribution in [0, 0.1) is 6.92 Å². The molecule has 1 aliphatic heterocycles. The summed E-state index contributed by atoms with van der Waals surface area (Å²) in [4.78, 5) is 14.0. The van der Waals surface area contributed by atoms with E-state index in [4.69, 9.17) is 21.1 Å². The molecule has 24 heavy (non-hydrogen) atoms. The third-order valence-corrected chi connectivity index (χ3v) is 4.01. The van der Waals surface area contributed by atoms with Crippen LogP contribution < -0.4 is 4.74 Å². The van der Waals surface area contributed by atoms with E-state index in [-0.39, 0.29) is 6.09 Å². The van der Waals surface area contributed by atoms with Gasteiger partial charge in [0.05, 0.1) is 13.1 Å². The van der Waals surface area contributed by atoms with Gasteiger partial charge in [-0.2, -0.15) is 0 Å². The molecule has 1 aromatic carbocycles. The van der Waals surface area contributed by atoms with Gasteiger partial charge in [0.1, 0.15) is 18.0 Å². The number of fused-ring (bicyclic) bond motifs is 1. The summed E-state index contributed by atoms with van der Waals surface area (Å²) in [5.41, 5.74) is 2.20. The molecule has 1 amide bonds. The van der Waals surface area contributed by atoms with Crippen LogP contribution in [0.15, 0.2) is 24.8 Å². The summed E-state index contributed by atoms with van der Waals surface area (Å²) in [5, 5.41) is 0.645. The Labute approximate surface area is 148 Å². The van der Waals surface area contributed by atoms with E-state index >= 15 is 0 Å². The number of ether oxygens (including phenoxy) is 2. The molecule has 0 aliphatic carbocycles. The fourth-order valence-corrected chi connectivity index (χ4v) is 2.71. The number of amides is 1. The molecule has 0 radical (unpaired) electrons. The molecule has 0 saturated carbocycles. The molecule has 1 aliphatic rings. The highest BCUT2D eigenvalue weighted by atomic mass is 35.5. The van der Waals surface area contributed by atoms with Crippen LogP contribution in [0.2, 0.25) is 5.02 Å². The van der Waals surface area contributed by atoms with Gasteiger partial charge in [-0.25, -0.2) is 4.79 Å². The molecule has 2 rings (SSSR count). The van der Waals surface area contributed by atoms with Crippen molar-refractivity contribution in [3.63, 3.8) is 0 Å². The third kappa shape index (κ3) is 4.32. The molecule has 0 bridgehead atoms. The molecule has 0 aromatic heterocycles. The van der Waals surface area contributed by atoms with Crippen LogP contribution in [0.1, 0.15) is 37.5 Å². The highest BCUT2D eigenvalue weighted by Crippen LogP contribution is 2.36. The molecule has 0 saturated heterocycles. The Morgan fingerprint density at radius 2 is 2.17 bits per heavy atom. The Hall–Kier alpha value is -1.94. The highest BCUT2D eigenvalue weighted by Gasteiger charge is 2.26. The van der Waals surface area contributed by atoms with Crippen molar-refractivity contribution in [1.82, 2.24) is 4.90 Å². The molecule has 0 fully saturated rings. The minimum absolute atomic E-state index is 0.348. The van der Waals surface area contributed by atoms with Crippen LogP contribution in [-0.4, -0.2) is 29.7 Å². The van der Waals surface area contributed by atoms with E-state index in [0.29, 0.717) is 24.7 Å². The van der Waals surface area contributed by atoms with Gasteiger partial charge in [-0.1, -0.05) is 36.4 Å². The second kappa shape index (κ2) is 7.31. The van der Waals surface area contributed by atoms with Crippen molar-refractivity contribution in [3.05, 3.63) is 46.5 Å². The average Bonchev–Trinajstić information content (AvgIpc) is 2.68. The Kier molecular flexibility index (Phi) is 5.60. The third-order valence-electron chi connectivity index (χ3n) is 3.62. The zero-order chi connectivity index (χ0) is 17.9. The number of hydrogen-bond acceptors (Lipinski definition) is 3. The Bertz CT molecular complexity index is 674. The van der Waals surface area contributed by atoms with Gasteiger partial charge in [0, 0.05) is 16.1 Å². The van der Waals surface area contributed by atoms with Crippen LogP contribution in [0.3, 0.4) is 0 Å². The van der Waals surface area contributed by atoms with Crippen molar-refractivity contribution in [2.45, 2.75) is 39.8 Å². The predicted octanol–water partition coefficient (Wildman–Crippen LogP) is 4.98. The number of allylic oxidation sites excluding steroid dienone is 2. The SMILES string of the molecule is C=C/C=C\c1c(C)c(Cl)cc2c1OCCN(C(=O)OC(C)(C)C)C2. The maximum atomic E-state index is 12.4. The molecule has 0 spiro atoms. The zero-order valence-electron chi connectivity index (χ0n) is 14.7. The lowest BCUT2D eigenvalue weighted by molar-refractivity contribution is 0.0225. The van der Waals surface area contributed by atoms with E-state index < -0.39 is 5.60 Å². The molecule has 1 aromatic rings. The Morgan fingerprint density at radius 3 is 2.79 bits per heavy atom. The Balaban J connectivity index is 2.37. The van der Waals surface area contributed by atoms with Gasteiger partial charge in [-0.05, 0) is 39.3 Å². The average molecular weight is 350 g/mol. The molecule has 0 atom stereocenters. The van der Waals surface area contributed by atoms with Crippen molar-refractivity contribution < 1.29 is 14.3 Å². The lowest BCUT2D eigenvalue weighted by atomic mass is 10.0. The minimum atomic E-state index is -0.532. The zero-order valence-corrected chi connectivity index (χ0v) is 15.4. The molecular formula is C19H24ClNO3. The van der Waals surface area contributed by atoms with Crippen molar-refractivity contribution in [1.29, 1.82) is 0 Å². The first kappa shape index (κ1) is 18.4. The van der Waals surface area contributed by atoms with Gasteiger partial charge in [0.2, 0.25) is 0 Å². The molecule has 0 unspecified atom stereocenters. The van der Waals surface area contributed by atoms with E-state index in [1.807, 2.05) is 45.9 Å². The largest absolute Gasteiger partial charge is 0.491 e. The first-order valence-corrected chi connectivity index (χ1v) is 8.32. The predicted molar refractivity (Wildman–Crippen MR) is 97.6 cm³/mol. The second-order valence-corrected chi connectivity index (χ2v) is 7.14. The van der Waals surface area contributed by atoms with Crippen LogP contribution in [0.4, 0.5) is 4.79 Å². The molecule has 5 heteroatoms. The number of nitrogens with zero attached hydrogens (tertiary/aromatic N) is 1. The first-order valence-electron chi connectivity index (χ1n) is 7.94. The number of benzene rings is 1. The van der Waals surface area contributed by atoms with Gasteiger partial charge in [0.25, 0.3) is 0 Å². The van der Waals surface area contributed by atoms with E-state index in [9.17, 15) is 4.79 Å².